The minimum atomic E-state index is -0.164. The number of hydrogen-bond donors (Lipinski definition) is 0. The smallest absolute Gasteiger partial charge is 0.225 e. The van der Waals surface area contributed by atoms with Crippen LogP contribution in [0.15, 0.2) is 18.5 Å². The Morgan fingerprint density at radius 1 is 1.39 bits per heavy atom. The Hall–Kier alpha value is -2.42. The largest absolute Gasteiger partial charge is 0.374 e. The lowest BCUT2D eigenvalue weighted by Crippen LogP contribution is -2.45. The number of hydrogen-bond acceptors (Lipinski definition) is 6. The summed E-state index contributed by atoms with van der Waals surface area (Å²) in [5.41, 5.74) is 0. The first-order chi connectivity index (χ1) is 11.2. The number of carbonyl (C=O) groups excluding carboxylic acids is 1. The molecule has 1 amide bonds. The summed E-state index contributed by atoms with van der Waals surface area (Å²) in [6.45, 7) is 3.34. The van der Waals surface area contributed by atoms with Crippen molar-refractivity contribution in [2.75, 3.05) is 39.3 Å². The van der Waals surface area contributed by atoms with Crippen molar-refractivity contribution in [1.82, 2.24) is 19.6 Å². The van der Waals surface area contributed by atoms with Gasteiger partial charge in [-0.05, 0) is 6.07 Å². The van der Waals surface area contributed by atoms with E-state index in [9.17, 15) is 4.79 Å². The highest BCUT2D eigenvalue weighted by molar-refractivity contribution is 5.76. The molecular formula is C15H20N6O2. The summed E-state index contributed by atoms with van der Waals surface area (Å²) in [7, 11) is 0. The molecule has 1 aromatic heterocycles. The van der Waals surface area contributed by atoms with Crippen molar-refractivity contribution >= 4 is 5.91 Å². The van der Waals surface area contributed by atoms with Crippen molar-refractivity contribution < 1.29 is 9.53 Å². The summed E-state index contributed by atoms with van der Waals surface area (Å²) < 4.78 is 7.56. The first-order valence-corrected chi connectivity index (χ1v) is 7.56. The van der Waals surface area contributed by atoms with Gasteiger partial charge in [-0.3, -0.25) is 14.4 Å². The first kappa shape index (κ1) is 16.9. The second kappa shape index (κ2) is 8.89. The number of nitrogens with zero attached hydrogens (tertiary/aromatic N) is 6. The van der Waals surface area contributed by atoms with Gasteiger partial charge in [-0.2, -0.15) is 15.6 Å². The highest BCUT2D eigenvalue weighted by atomic mass is 16.5. The van der Waals surface area contributed by atoms with Crippen molar-refractivity contribution in [2.45, 2.75) is 19.1 Å². The number of ether oxygens (including phenoxy) is 1. The van der Waals surface area contributed by atoms with Crippen LogP contribution in [0.25, 0.3) is 0 Å². The van der Waals surface area contributed by atoms with Gasteiger partial charge < -0.3 is 9.64 Å². The van der Waals surface area contributed by atoms with Gasteiger partial charge >= 0.3 is 0 Å². The molecule has 0 spiro atoms. The van der Waals surface area contributed by atoms with E-state index < -0.39 is 0 Å². The van der Waals surface area contributed by atoms with Crippen molar-refractivity contribution in [1.29, 1.82) is 10.5 Å². The SMILES string of the molecule is N#CCN(CC#N)C(=O)CCN1CCO[C@H](Cn2cccn2)C1. The zero-order valence-electron chi connectivity index (χ0n) is 13.0. The van der Waals surface area contributed by atoms with E-state index in [-0.39, 0.29) is 25.1 Å². The van der Waals surface area contributed by atoms with E-state index >= 15 is 0 Å². The normalized spacial score (nSPS) is 18.1. The molecule has 0 unspecified atom stereocenters. The van der Waals surface area contributed by atoms with Gasteiger partial charge in [-0.15, -0.1) is 0 Å². The van der Waals surface area contributed by atoms with Gasteiger partial charge in [0.1, 0.15) is 13.1 Å². The third-order valence-electron chi connectivity index (χ3n) is 3.69. The molecule has 0 bridgehead atoms. The van der Waals surface area contributed by atoms with E-state index in [2.05, 4.69) is 10.00 Å². The van der Waals surface area contributed by atoms with Gasteiger partial charge in [0.15, 0.2) is 0 Å². The third kappa shape index (κ3) is 5.37. The minimum Gasteiger partial charge on any atom is -0.374 e. The van der Waals surface area contributed by atoms with Gasteiger partial charge in [0, 0.05) is 38.4 Å². The van der Waals surface area contributed by atoms with E-state index in [1.165, 1.54) is 4.90 Å². The van der Waals surface area contributed by atoms with Gasteiger partial charge in [-0.1, -0.05) is 0 Å². The van der Waals surface area contributed by atoms with Crippen LogP contribution < -0.4 is 0 Å². The average molecular weight is 316 g/mol. The van der Waals surface area contributed by atoms with Gasteiger partial charge in [0.25, 0.3) is 0 Å². The monoisotopic (exact) mass is 316 g/mol. The average Bonchev–Trinajstić information content (AvgIpc) is 3.06. The van der Waals surface area contributed by atoms with Gasteiger partial charge in [0.2, 0.25) is 5.91 Å². The molecule has 2 rings (SSSR count). The van der Waals surface area contributed by atoms with Crippen LogP contribution in [0.3, 0.4) is 0 Å². The molecule has 0 aromatic carbocycles. The molecule has 0 aliphatic carbocycles. The van der Waals surface area contributed by atoms with E-state index in [4.69, 9.17) is 15.3 Å². The molecule has 1 saturated heterocycles. The van der Waals surface area contributed by atoms with Crippen LogP contribution in [0.5, 0.6) is 0 Å². The second-order valence-electron chi connectivity index (χ2n) is 5.34. The molecule has 1 aliphatic rings. The fourth-order valence-corrected chi connectivity index (χ4v) is 2.53. The van der Waals surface area contributed by atoms with Crippen LogP contribution in [0, 0.1) is 22.7 Å². The maximum Gasteiger partial charge on any atom is 0.225 e. The third-order valence-corrected chi connectivity index (χ3v) is 3.69. The molecule has 1 fully saturated rings. The summed E-state index contributed by atoms with van der Waals surface area (Å²) in [5, 5.41) is 21.6. The lowest BCUT2D eigenvalue weighted by atomic mass is 10.2. The Balaban J connectivity index is 1.77. The highest BCUT2D eigenvalue weighted by Crippen LogP contribution is 2.08. The molecule has 0 saturated carbocycles. The number of aromatic nitrogens is 2. The molecule has 8 heteroatoms. The van der Waals surface area contributed by atoms with Gasteiger partial charge in [-0.25, -0.2) is 0 Å². The molecule has 1 atom stereocenters. The van der Waals surface area contributed by atoms with Crippen molar-refractivity contribution in [3.8, 4) is 12.1 Å². The van der Waals surface area contributed by atoms with Crippen LogP contribution in [-0.4, -0.2) is 70.9 Å². The van der Waals surface area contributed by atoms with Crippen molar-refractivity contribution in [2.24, 2.45) is 0 Å². The van der Waals surface area contributed by atoms with Crippen LogP contribution in [-0.2, 0) is 16.1 Å². The Kier molecular flexibility index (Phi) is 6.55. The zero-order chi connectivity index (χ0) is 16.5. The summed E-state index contributed by atoms with van der Waals surface area (Å²) in [6.07, 6.45) is 3.98. The Labute approximate surface area is 135 Å². The molecule has 2 heterocycles. The molecule has 1 aliphatic heterocycles. The maximum atomic E-state index is 12.1. The fourth-order valence-electron chi connectivity index (χ4n) is 2.53. The van der Waals surface area contributed by atoms with Crippen LogP contribution in [0.2, 0.25) is 0 Å². The maximum absolute atomic E-state index is 12.1. The van der Waals surface area contributed by atoms with Crippen LogP contribution in [0.1, 0.15) is 6.42 Å². The Bertz CT molecular complexity index is 558. The summed E-state index contributed by atoms with van der Waals surface area (Å²) in [5.74, 6) is -0.164. The fraction of sp³-hybridized carbons (Fsp3) is 0.600. The van der Waals surface area contributed by atoms with E-state index in [0.717, 1.165) is 13.1 Å². The summed E-state index contributed by atoms with van der Waals surface area (Å²) in [6, 6.07) is 5.70. The van der Waals surface area contributed by atoms with Crippen molar-refractivity contribution in [3.63, 3.8) is 0 Å². The lowest BCUT2D eigenvalue weighted by Gasteiger charge is -2.33. The molecular weight excluding hydrogens is 296 g/mol. The van der Waals surface area contributed by atoms with Crippen LogP contribution >= 0.6 is 0 Å². The standard InChI is InChI=1S/C15H20N6O2/c16-3-8-20(9-4-17)15(22)2-7-19-10-11-23-14(12-19)13-21-6-1-5-18-21/h1,5-6,14H,2,7-13H2/t14-/m0/s1. The van der Waals surface area contributed by atoms with E-state index in [0.29, 0.717) is 26.1 Å². The quantitative estimate of drug-likeness (QED) is 0.649. The predicted octanol–water partition coefficient (Wildman–Crippen LogP) is -0.150. The molecule has 8 nitrogen and oxygen atoms in total. The molecule has 23 heavy (non-hydrogen) atoms. The van der Waals surface area contributed by atoms with Crippen molar-refractivity contribution in [3.05, 3.63) is 18.5 Å². The van der Waals surface area contributed by atoms with E-state index in [1.807, 2.05) is 29.1 Å². The second-order valence-corrected chi connectivity index (χ2v) is 5.34. The molecule has 0 N–H and O–H groups in total. The molecule has 1 aromatic rings. The minimum absolute atomic E-state index is 0.0442. The number of rotatable bonds is 7. The zero-order valence-corrected chi connectivity index (χ0v) is 13.0. The topological polar surface area (TPSA) is 98.2 Å². The molecule has 122 valence electrons. The Morgan fingerprint density at radius 3 is 2.83 bits per heavy atom. The summed E-state index contributed by atoms with van der Waals surface area (Å²) >= 11 is 0. The number of amides is 1. The predicted molar refractivity (Wildman–Crippen MR) is 80.8 cm³/mol. The lowest BCUT2D eigenvalue weighted by molar-refractivity contribution is -0.130. The van der Waals surface area contributed by atoms with E-state index in [1.54, 1.807) is 6.20 Å². The molecule has 0 radical (unpaired) electrons. The first-order valence-electron chi connectivity index (χ1n) is 7.56. The summed E-state index contributed by atoms with van der Waals surface area (Å²) in [4.78, 5) is 15.5. The van der Waals surface area contributed by atoms with Gasteiger partial charge in [0.05, 0.1) is 31.4 Å². The number of morpholine rings is 1. The number of carbonyl (C=O) groups is 1. The number of nitriles is 2. The Morgan fingerprint density at radius 2 is 2.17 bits per heavy atom. The van der Waals surface area contributed by atoms with Crippen LogP contribution in [0.4, 0.5) is 0 Å². The highest BCUT2D eigenvalue weighted by Gasteiger charge is 2.22.